The second-order valence-electron chi connectivity index (χ2n) is 3.98. The Hall–Kier alpha value is -0.610. The van der Waals surface area contributed by atoms with Crippen molar-refractivity contribution in [3.05, 3.63) is 0 Å². The lowest BCUT2D eigenvalue weighted by Crippen LogP contribution is -2.60. The van der Waals surface area contributed by atoms with Crippen LogP contribution in [0.15, 0.2) is 0 Å². The van der Waals surface area contributed by atoms with E-state index in [0.29, 0.717) is 6.04 Å². The van der Waals surface area contributed by atoms with Crippen molar-refractivity contribution in [3.8, 4) is 0 Å². The molecule has 0 aromatic rings. The Kier molecular flexibility index (Phi) is 2.51. The van der Waals surface area contributed by atoms with E-state index in [1.165, 1.54) is 0 Å². The van der Waals surface area contributed by atoms with Crippen LogP contribution in [0.25, 0.3) is 0 Å². The summed E-state index contributed by atoms with van der Waals surface area (Å²) in [6.07, 6.45) is 2.59. The first-order valence-electron chi connectivity index (χ1n) is 4.91. The Morgan fingerprint density at radius 2 is 1.85 bits per heavy atom. The average molecular weight is 184 g/mol. The van der Waals surface area contributed by atoms with Crippen LogP contribution in [-0.2, 0) is 4.79 Å². The van der Waals surface area contributed by atoms with Gasteiger partial charge in [0.05, 0.1) is 6.10 Å². The van der Waals surface area contributed by atoms with E-state index in [1.807, 2.05) is 0 Å². The zero-order chi connectivity index (χ0) is 9.26. The maximum Gasteiger partial charge on any atom is 0.209 e. The van der Waals surface area contributed by atoms with Gasteiger partial charge in [0.1, 0.15) is 0 Å². The summed E-state index contributed by atoms with van der Waals surface area (Å²) in [6, 6.07) is 0.553. The largest absolute Gasteiger partial charge is 0.393 e. The topological polar surface area (TPSA) is 43.8 Å². The average Bonchev–Trinajstić information content (AvgIpc) is 2.06. The molecule has 2 heterocycles. The molecule has 0 aromatic carbocycles. The number of rotatable bonds is 2. The standard InChI is InChI=1S/C9H16N2O2/c12-7-10-5-8(6-10)11-3-1-9(13)2-4-11/h7-9,13H,1-6H2. The third-order valence-corrected chi connectivity index (χ3v) is 3.06. The van der Waals surface area contributed by atoms with E-state index in [0.717, 1.165) is 45.4 Å². The molecule has 0 unspecified atom stereocenters. The molecule has 0 aliphatic carbocycles. The van der Waals surface area contributed by atoms with E-state index >= 15 is 0 Å². The van der Waals surface area contributed by atoms with Crippen LogP contribution in [0.3, 0.4) is 0 Å². The van der Waals surface area contributed by atoms with Crippen LogP contribution in [0, 0.1) is 0 Å². The van der Waals surface area contributed by atoms with Gasteiger partial charge in [-0.1, -0.05) is 0 Å². The highest BCUT2D eigenvalue weighted by atomic mass is 16.3. The van der Waals surface area contributed by atoms with Crippen LogP contribution in [0.4, 0.5) is 0 Å². The normalized spacial score (nSPS) is 27.3. The Labute approximate surface area is 78.1 Å². The number of piperidine rings is 1. The van der Waals surface area contributed by atoms with Gasteiger partial charge < -0.3 is 10.0 Å². The fraction of sp³-hybridized carbons (Fsp3) is 0.889. The highest BCUT2D eigenvalue weighted by molar-refractivity contribution is 5.49. The molecule has 2 saturated heterocycles. The molecule has 0 radical (unpaired) electrons. The fourth-order valence-corrected chi connectivity index (χ4v) is 2.06. The molecule has 2 fully saturated rings. The number of carbonyl (C=O) groups is 1. The summed E-state index contributed by atoms with van der Waals surface area (Å²) in [5.41, 5.74) is 0. The molecule has 4 nitrogen and oxygen atoms in total. The number of nitrogens with zero attached hydrogens (tertiary/aromatic N) is 2. The lowest BCUT2D eigenvalue weighted by Gasteiger charge is -2.45. The first kappa shape index (κ1) is 8.97. The number of amides is 1. The van der Waals surface area contributed by atoms with Crippen molar-refractivity contribution >= 4 is 6.41 Å². The fourth-order valence-electron chi connectivity index (χ4n) is 2.06. The molecule has 4 heteroatoms. The van der Waals surface area contributed by atoms with E-state index in [2.05, 4.69) is 4.90 Å². The molecule has 13 heavy (non-hydrogen) atoms. The molecule has 0 atom stereocenters. The number of hydrogen-bond donors (Lipinski definition) is 1. The molecule has 0 aromatic heterocycles. The Bertz CT molecular complexity index is 184. The molecular formula is C9H16N2O2. The molecule has 74 valence electrons. The summed E-state index contributed by atoms with van der Waals surface area (Å²) in [4.78, 5) is 14.5. The van der Waals surface area contributed by atoms with Crippen molar-refractivity contribution in [1.29, 1.82) is 0 Å². The predicted octanol–water partition coefficient (Wildman–Crippen LogP) is -0.716. The third kappa shape index (κ3) is 1.84. The van der Waals surface area contributed by atoms with Crippen LogP contribution >= 0.6 is 0 Å². The number of likely N-dealkylation sites (tertiary alicyclic amines) is 2. The van der Waals surface area contributed by atoms with Gasteiger partial charge in [-0.3, -0.25) is 9.69 Å². The SMILES string of the molecule is O=CN1CC(N2CCC(O)CC2)C1. The van der Waals surface area contributed by atoms with Gasteiger partial charge in [-0.25, -0.2) is 0 Å². The van der Waals surface area contributed by atoms with Gasteiger partial charge in [-0.2, -0.15) is 0 Å². The minimum Gasteiger partial charge on any atom is -0.393 e. The third-order valence-electron chi connectivity index (χ3n) is 3.06. The van der Waals surface area contributed by atoms with Crippen LogP contribution in [-0.4, -0.2) is 59.6 Å². The van der Waals surface area contributed by atoms with Gasteiger partial charge in [0.15, 0.2) is 0 Å². The van der Waals surface area contributed by atoms with Crippen molar-refractivity contribution in [2.45, 2.75) is 25.0 Å². The zero-order valence-corrected chi connectivity index (χ0v) is 7.72. The van der Waals surface area contributed by atoms with Gasteiger partial charge in [0.2, 0.25) is 6.41 Å². The van der Waals surface area contributed by atoms with E-state index in [4.69, 9.17) is 0 Å². The number of aliphatic hydroxyl groups is 1. The van der Waals surface area contributed by atoms with Gasteiger partial charge in [-0.05, 0) is 12.8 Å². The Balaban J connectivity index is 1.74. The summed E-state index contributed by atoms with van der Waals surface area (Å²) in [5.74, 6) is 0. The van der Waals surface area contributed by atoms with Crippen LogP contribution in [0.1, 0.15) is 12.8 Å². The highest BCUT2D eigenvalue weighted by Gasteiger charge is 2.32. The molecule has 0 spiro atoms. The second kappa shape index (κ2) is 3.64. The molecule has 0 bridgehead atoms. The molecular weight excluding hydrogens is 168 g/mol. The van der Waals surface area contributed by atoms with Crippen molar-refractivity contribution in [1.82, 2.24) is 9.80 Å². The number of carbonyl (C=O) groups excluding carboxylic acids is 1. The quantitative estimate of drug-likeness (QED) is 0.576. The predicted molar refractivity (Wildman–Crippen MR) is 48.2 cm³/mol. The summed E-state index contributed by atoms with van der Waals surface area (Å²) >= 11 is 0. The highest BCUT2D eigenvalue weighted by Crippen LogP contribution is 2.18. The van der Waals surface area contributed by atoms with Crippen molar-refractivity contribution in [3.63, 3.8) is 0 Å². The van der Waals surface area contributed by atoms with Gasteiger partial charge >= 0.3 is 0 Å². The van der Waals surface area contributed by atoms with E-state index in [1.54, 1.807) is 4.90 Å². The molecule has 2 aliphatic rings. The minimum absolute atomic E-state index is 0.0986. The van der Waals surface area contributed by atoms with E-state index < -0.39 is 0 Å². The van der Waals surface area contributed by atoms with Gasteiger partial charge in [-0.15, -0.1) is 0 Å². The minimum atomic E-state index is -0.0986. The van der Waals surface area contributed by atoms with Gasteiger partial charge in [0.25, 0.3) is 0 Å². The summed E-state index contributed by atoms with van der Waals surface area (Å²) in [7, 11) is 0. The number of aliphatic hydroxyl groups excluding tert-OH is 1. The smallest absolute Gasteiger partial charge is 0.209 e. The van der Waals surface area contributed by atoms with Crippen LogP contribution < -0.4 is 0 Å². The second-order valence-corrected chi connectivity index (χ2v) is 3.98. The zero-order valence-electron chi connectivity index (χ0n) is 7.72. The summed E-state index contributed by atoms with van der Waals surface area (Å²) in [5, 5.41) is 9.30. The molecule has 0 saturated carbocycles. The Morgan fingerprint density at radius 3 is 2.38 bits per heavy atom. The molecule has 2 rings (SSSR count). The first-order valence-corrected chi connectivity index (χ1v) is 4.91. The van der Waals surface area contributed by atoms with Crippen LogP contribution in [0.2, 0.25) is 0 Å². The maximum absolute atomic E-state index is 10.3. The molecule has 1 amide bonds. The van der Waals surface area contributed by atoms with E-state index in [-0.39, 0.29) is 6.10 Å². The Morgan fingerprint density at radius 1 is 1.23 bits per heavy atom. The summed E-state index contributed by atoms with van der Waals surface area (Å²) < 4.78 is 0. The summed E-state index contributed by atoms with van der Waals surface area (Å²) in [6.45, 7) is 3.72. The molecule has 1 N–H and O–H groups in total. The first-order chi connectivity index (χ1) is 6.29. The lowest BCUT2D eigenvalue weighted by molar-refractivity contribution is -0.125. The maximum atomic E-state index is 10.3. The van der Waals surface area contributed by atoms with Crippen LogP contribution in [0.5, 0.6) is 0 Å². The lowest BCUT2D eigenvalue weighted by atomic mass is 10.0. The monoisotopic (exact) mass is 184 g/mol. The van der Waals surface area contributed by atoms with E-state index in [9.17, 15) is 9.90 Å². The van der Waals surface area contributed by atoms with Crippen molar-refractivity contribution in [2.24, 2.45) is 0 Å². The van der Waals surface area contributed by atoms with Gasteiger partial charge in [0, 0.05) is 32.2 Å². The van der Waals surface area contributed by atoms with Crippen molar-refractivity contribution in [2.75, 3.05) is 26.2 Å². The number of hydrogen-bond acceptors (Lipinski definition) is 3. The van der Waals surface area contributed by atoms with Crippen molar-refractivity contribution < 1.29 is 9.90 Å². The molecule has 2 aliphatic heterocycles.